The second kappa shape index (κ2) is 7.01. The quantitative estimate of drug-likeness (QED) is 0.798. The molecule has 1 N–H and O–H groups in total. The van der Waals surface area contributed by atoms with Crippen LogP contribution in [-0.4, -0.2) is 25.0 Å². The van der Waals surface area contributed by atoms with Gasteiger partial charge in [0.25, 0.3) is 5.91 Å². The first-order chi connectivity index (χ1) is 11.4. The van der Waals surface area contributed by atoms with Crippen molar-refractivity contribution in [3.05, 3.63) is 50.9 Å². The highest BCUT2D eigenvalue weighted by Crippen LogP contribution is 2.34. The summed E-state index contributed by atoms with van der Waals surface area (Å²) in [6.45, 7) is -0.269. The highest BCUT2D eigenvalue weighted by Gasteiger charge is 2.27. The van der Waals surface area contributed by atoms with Crippen molar-refractivity contribution in [2.45, 2.75) is 0 Å². The van der Waals surface area contributed by atoms with Gasteiger partial charge in [-0.1, -0.05) is 23.2 Å². The van der Waals surface area contributed by atoms with E-state index >= 15 is 0 Å². The molecule has 0 unspecified atom stereocenters. The van der Waals surface area contributed by atoms with Crippen molar-refractivity contribution in [3.63, 3.8) is 0 Å². The minimum absolute atomic E-state index is 0.119. The lowest BCUT2D eigenvalue weighted by Gasteiger charge is -2.29. The maximum Gasteiger partial charge on any atom is 0.265 e. The Morgan fingerprint density at radius 2 is 2.04 bits per heavy atom. The number of benzene rings is 2. The lowest BCUT2D eigenvalue weighted by atomic mass is 10.2. The SMILES string of the molecule is O=C(CN1C(=O)COc2ccc(Cl)cc21)Nc1ccc(Br)c(Cl)c1. The van der Waals surface area contributed by atoms with E-state index in [0.717, 1.165) is 4.47 Å². The van der Waals surface area contributed by atoms with E-state index in [1.165, 1.54) is 4.90 Å². The molecule has 3 rings (SSSR count). The van der Waals surface area contributed by atoms with Crippen LogP contribution >= 0.6 is 39.1 Å². The summed E-state index contributed by atoms with van der Waals surface area (Å²) in [6.07, 6.45) is 0. The van der Waals surface area contributed by atoms with Crippen LogP contribution in [0.15, 0.2) is 40.9 Å². The number of carbonyl (C=O) groups excluding carboxylic acids is 2. The molecule has 2 aromatic carbocycles. The average molecular weight is 430 g/mol. The van der Waals surface area contributed by atoms with Gasteiger partial charge in [-0.05, 0) is 52.3 Å². The summed E-state index contributed by atoms with van der Waals surface area (Å²) in [4.78, 5) is 25.7. The minimum atomic E-state index is -0.352. The maximum absolute atomic E-state index is 12.3. The number of nitrogens with one attached hydrogen (secondary N) is 1. The molecule has 0 saturated carbocycles. The van der Waals surface area contributed by atoms with Crippen LogP contribution in [0.3, 0.4) is 0 Å². The first-order valence-electron chi connectivity index (χ1n) is 6.91. The van der Waals surface area contributed by atoms with Crippen LogP contribution in [0.1, 0.15) is 0 Å². The van der Waals surface area contributed by atoms with Crippen LogP contribution in [0.5, 0.6) is 5.75 Å². The number of carbonyl (C=O) groups is 2. The zero-order valence-corrected chi connectivity index (χ0v) is 15.3. The number of hydrogen-bond donors (Lipinski definition) is 1. The van der Waals surface area contributed by atoms with Crippen LogP contribution in [0.4, 0.5) is 11.4 Å². The van der Waals surface area contributed by atoms with Gasteiger partial charge in [-0.3, -0.25) is 14.5 Å². The lowest BCUT2D eigenvalue weighted by molar-refractivity contribution is -0.123. The Balaban J connectivity index is 1.77. The van der Waals surface area contributed by atoms with E-state index in [0.29, 0.717) is 27.2 Å². The molecule has 0 radical (unpaired) electrons. The van der Waals surface area contributed by atoms with Crippen molar-refractivity contribution >= 4 is 62.3 Å². The Bertz CT molecular complexity index is 829. The Hall–Kier alpha value is -1.76. The van der Waals surface area contributed by atoms with Crippen molar-refractivity contribution in [2.75, 3.05) is 23.4 Å². The van der Waals surface area contributed by atoms with Gasteiger partial charge in [0.1, 0.15) is 12.3 Å². The topological polar surface area (TPSA) is 58.6 Å². The van der Waals surface area contributed by atoms with Crippen molar-refractivity contribution in [1.29, 1.82) is 0 Å². The molecule has 1 aliphatic heterocycles. The molecule has 0 fully saturated rings. The molecule has 0 aromatic heterocycles. The highest BCUT2D eigenvalue weighted by atomic mass is 79.9. The van der Waals surface area contributed by atoms with E-state index in [1.807, 2.05) is 0 Å². The van der Waals surface area contributed by atoms with Gasteiger partial charge in [-0.25, -0.2) is 0 Å². The van der Waals surface area contributed by atoms with Gasteiger partial charge in [0.15, 0.2) is 6.61 Å². The zero-order valence-electron chi connectivity index (χ0n) is 12.2. The summed E-state index contributed by atoms with van der Waals surface area (Å²) in [7, 11) is 0. The Kier molecular flexibility index (Phi) is 4.99. The molecule has 1 heterocycles. The number of nitrogens with zero attached hydrogens (tertiary/aromatic N) is 1. The predicted octanol–water partition coefficient (Wildman–Crippen LogP) is 4.12. The molecule has 0 spiro atoms. The summed E-state index contributed by atoms with van der Waals surface area (Å²) in [5, 5.41) is 3.65. The summed E-state index contributed by atoms with van der Waals surface area (Å²) < 4.78 is 6.08. The minimum Gasteiger partial charge on any atom is -0.482 e. The summed E-state index contributed by atoms with van der Waals surface area (Å²) in [6, 6.07) is 9.99. The lowest BCUT2D eigenvalue weighted by Crippen LogP contribution is -2.43. The third-order valence-corrected chi connectivity index (χ3v) is 4.84. The molecule has 0 aliphatic carbocycles. The van der Waals surface area contributed by atoms with Crippen LogP contribution in [0.2, 0.25) is 10.0 Å². The van der Waals surface area contributed by atoms with E-state index in [9.17, 15) is 9.59 Å². The average Bonchev–Trinajstić information content (AvgIpc) is 2.54. The molecule has 5 nitrogen and oxygen atoms in total. The first kappa shape index (κ1) is 17.1. The molecule has 0 bridgehead atoms. The third-order valence-electron chi connectivity index (χ3n) is 3.37. The molecular weight excluding hydrogens is 419 g/mol. The fourth-order valence-electron chi connectivity index (χ4n) is 2.27. The van der Waals surface area contributed by atoms with E-state index in [4.69, 9.17) is 27.9 Å². The van der Waals surface area contributed by atoms with Crippen LogP contribution < -0.4 is 15.0 Å². The Morgan fingerprint density at radius 1 is 1.25 bits per heavy atom. The molecule has 0 saturated heterocycles. The van der Waals surface area contributed by atoms with Crippen molar-refractivity contribution in [2.24, 2.45) is 0 Å². The van der Waals surface area contributed by atoms with Gasteiger partial charge in [0.05, 0.1) is 10.7 Å². The molecule has 2 amide bonds. The molecule has 2 aromatic rings. The molecular formula is C16H11BrCl2N2O3. The summed E-state index contributed by atoms with van der Waals surface area (Å²) in [5.41, 5.74) is 1.02. The van der Waals surface area contributed by atoms with Gasteiger partial charge < -0.3 is 10.1 Å². The Morgan fingerprint density at radius 3 is 2.79 bits per heavy atom. The van der Waals surface area contributed by atoms with Crippen LogP contribution in [0, 0.1) is 0 Å². The van der Waals surface area contributed by atoms with Crippen molar-refractivity contribution < 1.29 is 14.3 Å². The molecule has 1 aliphatic rings. The fourth-order valence-corrected chi connectivity index (χ4v) is 2.86. The zero-order chi connectivity index (χ0) is 17.3. The summed E-state index contributed by atoms with van der Waals surface area (Å²) in [5.74, 6) is -0.151. The fraction of sp³-hybridized carbons (Fsp3) is 0.125. The predicted molar refractivity (Wildman–Crippen MR) is 97.1 cm³/mol. The second-order valence-electron chi connectivity index (χ2n) is 5.06. The smallest absolute Gasteiger partial charge is 0.265 e. The van der Waals surface area contributed by atoms with Gasteiger partial charge in [0.2, 0.25) is 5.91 Å². The molecule has 0 atom stereocenters. The van der Waals surface area contributed by atoms with Gasteiger partial charge in [-0.2, -0.15) is 0 Å². The number of rotatable bonds is 3. The van der Waals surface area contributed by atoms with Gasteiger partial charge in [-0.15, -0.1) is 0 Å². The number of anilines is 2. The monoisotopic (exact) mass is 428 g/mol. The van der Waals surface area contributed by atoms with E-state index in [-0.39, 0.29) is 25.0 Å². The molecule has 124 valence electrons. The molecule has 8 heteroatoms. The van der Waals surface area contributed by atoms with Crippen molar-refractivity contribution in [3.8, 4) is 5.75 Å². The summed E-state index contributed by atoms with van der Waals surface area (Å²) >= 11 is 15.3. The number of amides is 2. The standard InChI is InChI=1S/C16H11BrCl2N2O3/c17-11-3-2-10(6-12(11)19)20-15(22)7-21-13-5-9(18)1-4-14(13)24-8-16(21)23/h1-6H,7-8H2,(H,20,22). The maximum atomic E-state index is 12.3. The number of fused-ring (bicyclic) bond motifs is 1. The highest BCUT2D eigenvalue weighted by molar-refractivity contribution is 9.10. The molecule has 24 heavy (non-hydrogen) atoms. The normalized spacial score (nSPS) is 13.3. The number of ether oxygens (including phenoxy) is 1. The second-order valence-corrected chi connectivity index (χ2v) is 6.76. The number of halogens is 3. The van der Waals surface area contributed by atoms with Crippen molar-refractivity contribution in [1.82, 2.24) is 0 Å². The Labute approximate surface area is 156 Å². The van der Waals surface area contributed by atoms with Crippen LogP contribution in [-0.2, 0) is 9.59 Å². The van der Waals surface area contributed by atoms with Gasteiger partial charge in [0, 0.05) is 15.2 Å². The first-order valence-corrected chi connectivity index (χ1v) is 8.46. The van der Waals surface area contributed by atoms with E-state index in [1.54, 1.807) is 36.4 Å². The third kappa shape index (κ3) is 3.66. The van der Waals surface area contributed by atoms with Crippen LogP contribution in [0.25, 0.3) is 0 Å². The van der Waals surface area contributed by atoms with E-state index in [2.05, 4.69) is 21.2 Å². The van der Waals surface area contributed by atoms with Gasteiger partial charge >= 0.3 is 0 Å². The van der Waals surface area contributed by atoms with E-state index < -0.39 is 0 Å². The number of hydrogen-bond acceptors (Lipinski definition) is 3. The largest absolute Gasteiger partial charge is 0.482 e.